The highest BCUT2D eigenvalue weighted by molar-refractivity contribution is 6.30. The Bertz CT molecular complexity index is 960. The van der Waals surface area contributed by atoms with Crippen molar-refractivity contribution in [3.8, 4) is 0 Å². The molecule has 3 aromatic rings. The van der Waals surface area contributed by atoms with Crippen LogP contribution in [0.25, 0.3) is 0 Å². The van der Waals surface area contributed by atoms with Gasteiger partial charge in [-0.25, -0.2) is 0 Å². The summed E-state index contributed by atoms with van der Waals surface area (Å²) in [7, 11) is 0. The minimum Gasteiger partial charge on any atom is -0.365 e. The zero-order chi connectivity index (χ0) is 19.0. The Morgan fingerprint density at radius 3 is 2.61 bits per heavy atom. The normalized spacial score (nSPS) is 21.4. The van der Waals surface area contributed by atoms with Crippen molar-refractivity contribution >= 4 is 17.3 Å². The third-order valence-electron chi connectivity index (χ3n) is 5.97. The van der Waals surface area contributed by atoms with Crippen LogP contribution in [-0.4, -0.2) is 34.5 Å². The molecule has 0 N–H and O–H groups in total. The van der Waals surface area contributed by atoms with E-state index in [9.17, 15) is 0 Å². The summed E-state index contributed by atoms with van der Waals surface area (Å²) in [6, 6.07) is 16.6. The molecule has 28 heavy (non-hydrogen) atoms. The van der Waals surface area contributed by atoms with Gasteiger partial charge in [0, 0.05) is 55.2 Å². The SMILES string of the molecule is Clc1ccc(CN2CCC3(C2)CN(Cc2cccnc2)c2cccnc23)cc1. The van der Waals surface area contributed by atoms with Gasteiger partial charge in [0.2, 0.25) is 0 Å². The summed E-state index contributed by atoms with van der Waals surface area (Å²) >= 11 is 6.03. The lowest BCUT2D eigenvalue weighted by Crippen LogP contribution is -2.36. The van der Waals surface area contributed by atoms with Gasteiger partial charge in [-0.05, 0) is 54.4 Å². The van der Waals surface area contributed by atoms with E-state index < -0.39 is 0 Å². The van der Waals surface area contributed by atoms with Gasteiger partial charge in [-0.1, -0.05) is 29.8 Å². The van der Waals surface area contributed by atoms with E-state index in [4.69, 9.17) is 16.6 Å². The molecule has 5 rings (SSSR count). The lowest BCUT2D eigenvalue weighted by atomic mass is 9.85. The van der Waals surface area contributed by atoms with Crippen LogP contribution < -0.4 is 4.90 Å². The molecule has 1 spiro atoms. The molecule has 0 saturated carbocycles. The van der Waals surface area contributed by atoms with Crippen LogP contribution >= 0.6 is 11.6 Å². The van der Waals surface area contributed by atoms with E-state index in [1.54, 1.807) is 0 Å². The number of rotatable bonds is 4. The first-order valence-electron chi connectivity index (χ1n) is 9.78. The topological polar surface area (TPSA) is 32.3 Å². The zero-order valence-electron chi connectivity index (χ0n) is 15.8. The molecule has 1 unspecified atom stereocenters. The Morgan fingerprint density at radius 1 is 0.929 bits per heavy atom. The molecular weight excluding hydrogens is 368 g/mol. The smallest absolute Gasteiger partial charge is 0.0729 e. The summed E-state index contributed by atoms with van der Waals surface area (Å²) in [5, 5.41) is 0.793. The van der Waals surface area contributed by atoms with Gasteiger partial charge in [0.05, 0.1) is 11.4 Å². The van der Waals surface area contributed by atoms with Gasteiger partial charge in [0.15, 0.2) is 0 Å². The van der Waals surface area contributed by atoms with Crippen molar-refractivity contribution in [3.05, 3.63) is 89.0 Å². The summed E-state index contributed by atoms with van der Waals surface area (Å²) in [5.41, 5.74) is 5.21. The fourth-order valence-electron chi connectivity index (χ4n) is 4.70. The number of anilines is 1. The minimum atomic E-state index is 0.116. The molecule has 4 heterocycles. The molecule has 2 aliphatic rings. The van der Waals surface area contributed by atoms with Crippen molar-refractivity contribution < 1.29 is 0 Å². The fraction of sp³-hybridized carbons (Fsp3) is 0.304. The summed E-state index contributed by atoms with van der Waals surface area (Å²) < 4.78 is 0. The maximum atomic E-state index is 6.03. The molecule has 1 fully saturated rings. The Balaban J connectivity index is 1.37. The monoisotopic (exact) mass is 390 g/mol. The van der Waals surface area contributed by atoms with Gasteiger partial charge in [-0.15, -0.1) is 0 Å². The molecule has 4 nitrogen and oxygen atoms in total. The minimum absolute atomic E-state index is 0.116. The van der Waals surface area contributed by atoms with Crippen LogP contribution in [0.15, 0.2) is 67.1 Å². The maximum absolute atomic E-state index is 6.03. The van der Waals surface area contributed by atoms with Crippen LogP contribution in [0.3, 0.4) is 0 Å². The second-order valence-electron chi connectivity index (χ2n) is 7.96. The first-order valence-corrected chi connectivity index (χ1v) is 10.2. The first kappa shape index (κ1) is 17.7. The molecule has 0 radical (unpaired) electrons. The Labute approximate surface area is 170 Å². The number of hydrogen-bond donors (Lipinski definition) is 0. The Morgan fingerprint density at radius 2 is 1.79 bits per heavy atom. The summed E-state index contributed by atoms with van der Waals surface area (Å²) in [6.07, 6.45) is 6.88. The lowest BCUT2D eigenvalue weighted by molar-refractivity contribution is 0.305. The number of hydrogen-bond acceptors (Lipinski definition) is 4. The summed E-state index contributed by atoms with van der Waals surface area (Å²) in [4.78, 5) is 14.1. The van der Waals surface area contributed by atoms with E-state index in [1.807, 2.05) is 36.8 Å². The zero-order valence-corrected chi connectivity index (χ0v) is 16.5. The Hall–Kier alpha value is -2.43. The largest absolute Gasteiger partial charge is 0.365 e. The van der Waals surface area contributed by atoms with E-state index in [2.05, 4.69) is 45.1 Å². The predicted molar refractivity (Wildman–Crippen MR) is 113 cm³/mol. The first-order chi connectivity index (χ1) is 13.7. The average Bonchev–Trinajstić information content (AvgIpc) is 3.26. The molecule has 2 aromatic heterocycles. The second-order valence-corrected chi connectivity index (χ2v) is 8.39. The molecule has 1 saturated heterocycles. The molecule has 1 atom stereocenters. The molecule has 0 aliphatic carbocycles. The molecule has 5 heteroatoms. The highest BCUT2D eigenvalue weighted by Crippen LogP contribution is 2.45. The number of benzene rings is 1. The average molecular weight is 391 g/mol. The van der Waals surface area contributed by atoms with Crippen molar-refractivity contribution in [1.82, 2.24) is 14.9 Å². The Kier molecular flexibility index (Phi) is 4.53. The highest BCUT2D eigenvalue weighted by atomic mass is 35.5. The lowest BCUT2D eigenvalue weighted by Gasteiger charge is -2.26. The summed E-state index contributed by atoms with van der Waals surface area (Å²) in [6.45, 7) is 5.00. The second kappa shape index (κ2) is 7.19. The van der Waals surface area contributed by atoms with Crippen LogP contribution in [0.4, 0.5) is 5.69 Å². The number of halogens is 1. The van der Waals surface area contributed by atoms with Crippen LogP contribution in [-0.2, 0) is 18.5 Å². The third-order valence-corrected chi connectivity index (χ3v) is 6.22. The molecule has 0 amide bonds. The number of likely N-dealkylation sites (tertiary alicyclic amines) is 1. The van der Waals surface area contributed by atoms with E-state index in [1.165, 1.54) is 22.5 Å². The molecule has 2 aliphatic heterocycles. The van der Waals surface area contributed by atoms with Gasteiger partial charge in [0.25, 0.3) is 0 Å². The standard InChI is InChI=1S/C23H23ClN4/c24-20-7-5-18(6-8-20)14-27-12-9-23(16-27)17-28(15-19-3-1-10-25-13-19)21-4-2-11-26-22(21)23/h1-8,10-11,13H,9,12,14-17H2. The summed E-state index contributed by atoms with van der Waals surface area (Å²) in [5.74, 6) is 0. The number of fused-ring (bicyclic) bond motifs is 2. The van der Waals surface area contributed by atoms with E-state index >= 15 is 0 Å². The van der Waals surface area contributed by atoms with Crippen LogP contribution in [0, 0.1) is 0 Å². The molecular formula is C23H23ClN4. The number of aromatic nitrogens is 2. The van der Waals surface area contributed by atoms with E-state index in [0.717, 1.165) is 44.2 Å². The van der Waals surface area contributed by atoms with Crippen molar-refractivity contribution in [2.75, 3.05) is 24.5 Å². The van der Waals surface area contributed by atoms with E-state index in [0.29, 0.717) is 0 Å². The van der Waals surface area contributed by atoms with Crippen LogP contribution in [0.5, 0.6) is 0 Å². The predicted octanol–water partition coefficient (Wildman–Crippen LogP) is 4.29. The molecule has 142 valence electrons. The highest BCUT2D eigenvalue weighted by Gasteiger charge is 2.48. The quantitative estimate of drug-likeness (QED) is 0.665. The maximum Gasteiger partial charge on any atom is 0.0729 e. The van der Waals surface area contributed by atoms with Gasteiger partial charge in [-0.3, -0.25) is 14.9 Å². The van der Waals surface area contributed by atoms with Crippen molar-refractivity contribution in [1.29, 1.82) is 0 Å². The number of pyridine rings is 2. The van der Waals surface area contributed by atoms with Crippen LogP contribution in [0.1, 0.15) is 23.2 Å². The van der Waals surface area contributed by atoms with Crippen molar-refractivity contribution in [2.45, 2.75) is 24.9 Å². The van der Waals surface area contributed by atoms with Gasteiger partial charge in [-0.2, -0.15) is 0 Å². The van der Waals surface area contributed by atoms with Gasteiger partial charge in [0.1, 0.15) is 0 Å². The number of nitrogens with zero attached hydrogens (tertiary/aromatic N) is 4. The van der Waals surface area contributed by atoms with Gasteiger partial charge >= 0.3 is 0 Å². The van der Waals surface area contributed by atoms with E-state index in [-0.39, 0.29) is 5.41 Å². The van der Waals surface area contributed by atoms with Crippen molar-refractivity contribution in [2.24, 2.45) is 0 Å². The van der Waals surface area contributed by atoms with Crippen LogP contribution in [0.2, 0.25) is 5.02 Å². The van der Waals surface area contributed by atoms with Crippen molar-refractivity contribution in [3.63, 3.8) is 0 Å². The molecule has 0 bridgehead atoms. The third kappa shape index (κ3) is 3.27. The molecule has 1 aromatic carbocycles. The van der Waals surface area contributed by atoms with Gasteiger partial charge < -0.3 is 4.90 Å². The fourth-order valence-corrected chi connectivity index (χ4v) is 4.83.